The summed E-state index contributed by atoms with van der Waals surface area (Å²) in [5, 5.41) is 8.05. The van der Waals surface area contributed by atoms with Gasteiger partial charge in [0.15, 0.2) is 0 Å². The maximum Gasteiger partial charge on any atom is 0.114 e. The molecule has 1 heterocycles. The fraction of sp³-hybridized carbons (Fsp3) is 0.438. The monoisotopic (exact) mass is 302 g/mol. The Hall–Kier alpha value is -1.59. The number of hydrogen-bond donors (Lipinski definition) is 3. The van der Waals surface area contributed by atoms with Crippen molar-refractivity contribution in [3.8, 4) is 0 Å². The van der Waals surface area contributed by atoms with Crippen LogP contribution >= 0.6 is 11.5 Å². The molecule has 1 aromatic heterocycles. The highest BCUT2D eigenvalue weighted by atomic mass is 32.1. The lowest BCUT2D eigenvalue weighted by Gasteiger charge is -2.30. The van der Waals surface area contributed by atoms with Gasteiger partial charge in [0, 0.05) is 23.5 Å². The highest BCUT2D eigenvalue weighted by Crippen LogP contribution is 2.26. The average Bonchev–Trinajstić information content (AvgIpc) is 2.87. The molecule has 0 spiro atoms. The van der Waals surface area contributed by atoms with Gasteiger partial charge in [0.25, 0.3) is 0 Å². The molecule has 0 radical (unpaired) electrons. The standard InChI is InChI=1S/C16H22N4S/c1-11-9-16(21-20-11)19-13-6-4-5-12(10-13)18-15-8-3-2-7-14(15)17/h4-6,9-10,14-15,18-19H,2-3,7-8,17H2,1H3. The predicted molar refractivity (Wildman–Crippen MR) is 90.4 cm³/mol. The number of rotatable bonds is 4. The van der Waals surface area contributed by atoms with Crippen LogP contribution in [0.5, 0.6) is 0 Å². The fourth-order valence-electron chi connectivity index (χ4n) is 2.80. The van der Waals surface area contributed by atoms with E-state index in [9.17, 15) is 0 Å². The van der Waals surface area contributed by atoms with Crippen LogP contribution in [-0.4, -0.2) is 16.5 Å². The molecule has 112 valence electrons. The van der Waals surface area contributed by atoms with Gasteiger partial charge in [-0.25, -0.2) is 0 Å². The quantitative estimate of drug-likeness (QED) is 0.802. The maximum absolute atomic E-state index is 6.21. The summed E-state index contributed by atoms with van der Waals surface area (Å²) >= 11 is 1.48. The lowest BCUT2D eigenvalue weighted by molar-refractivity contribution is 0.404. The van der Waals surface area contributed by atoms with Crippen molar-refractivity contribution in [2.24, 2.45) is 5.73 Å². The van der Waals surface area contributed by atoms with Gasteiger partial charge in [-0.05, 0) is 55.6 Å². The number of benzene rings is 1. The molecule has 0 bridgehead atoms. The number of aryl methyl sites for hydroxylation is 1. The van der Waals surface area contributed by atoms with Crippen LogP contribution in [0, 0.1) is 6.92 Å². The van der Waals surface area contributed by atoms with E-state index in [4.69, 9.17) is 5.73 Å². The minimum atomic E-state index is 0.263. The van der Waals surface area contributed by atoms with E-state index in [1.807, 2.05) is 6.92 Å². The highest BCUT2D eigenvalue weighted by molar-refractivity contribution is 7.10. The molecule has 0 aliphatic heterocycles. The Morgan fingerprint density at radius 3 is 2.76 bits per heavy atom. The molecule has 4 N–H and O–H groups in total. The van der Waals surface area contributed by atoms with Gasteiger partial charge in [-0.3, -0.25) is 0 Å². The van der Waals surface area contributed by atoms with E-state index >= 15 is 0 Å². The number of nitrogens with two attached hydrogens (primary N) is 1. The molecule has 0 amide bonds. The first-order valence-electron chi connectivity index (χ1n) is 7.53. The second-order valence-corrected chi connectivity index (χ2v) is 6.54. The summed E-state index contributed by atoms with van der Waals surface area (Å²) in [7, 11) is 0. The summed E-state index contributed by atoms with van der Waals surface area (Å²) in [6.07, 6.45) is 4.80. The van der Waals surface area contributed by atoms with E-state index in [0.29, 0.717) is 6.04 Å². The second-order valence-electron chi connectivity index (χ2n) is 5.74. The number of anilines is 3. The molecule has 2 aromatic rings. The van der Waals surface area contributed by atoms with Gasteiger partial charge in [0.2, 0.25) is 0 Å². The Kier molecular flexibility index (Phi) is 4.41. The molecule has 1 aliphatic rings. The van der Waals surface area contributed by atoms with Crippen LogP contribution in [0.3, 0.4) is 0 Å². The molecule has 3 rings (SSSR count). The molecule has 5 heteroatoms. The lowest BCUT2D eigenvalue weighted by Crippen LogP contribution is -2.42. The van der Waals surface area contributed by atoms with Gasteiger partial charge in [0.05, 0.1) is 5.69 Å². The summed E-state index contributed by atoms with van der Waals surface area (Å²) in [5.41, 5.74) is 9.46. The SMILES string of the molecule is Cc1cc(Nc2cccc(NC3CCCCC3N)c2)sn1. The van der Waals surface area contributed by atoms with Gasteiger partial charge in [-0.1, -0.05) is 18.9 Å². The minimum absolute atomic E-state index is 0.263. The van der Waals surface area contributed by atoms with Crippen LogP contribution in [-0.2, 0) is 0 Å². The molecule has 1 fully saturated rings. The highest BCUT2D eigenvalue weighted by Gasteiger charge is 2.21. The zero-order valence-electron chi connectivity index (χ0n) is 12.3. The molecule has 21 heavy (non-hydrogen) atoms. The molecular weight excluding hydrogens is 280 g/mol. The largest absolute Gasteiger partial charge is 0.381 e. The van der Waals surface area contributed by atoms with Gasteiger partial charge in [-0.15, -0.1) is 0 Å². The first-order valence-corrected chi connectivity index (χ1v) is 8.30. The summed E-state index contributed by atoms with van der Waals surface area (Å²) in [6.45, 7) is 2.00. The van der Waals surface area contributed by atoms with Crippen molar-refractivity contribution >= 4 is 27.9 Å². The zero-order valence-corrected chi connectivity index (χ0v) is 13.1. The average molecular weight is 302 g/mol. The Bertz CT molecular complexity index is 595. The van der Waals surface area contributed by atoms with E-state index in [2.05, 4.69) is 45.3 Å². The van der Waals surface area contributed by atoms with Crippen LogP contribution in [0.4, 0.5) is 16.4 Å². The van der Waals surface area contributed by atoms with Gasteiger partial charge in [-0.2, -0.15) is 4.37 Å². The molecule has 2 atom stereocenters. The predicted octanol–water partition coefficient (Wildman–Crippen LogP) is 3.88. The molecule has 1 aliphatic carbocycles. The zero-order chi connectivity index (χ0) is 14.7. The third-order valence-electron chi connectivity index (χ3n) is 3.93. The molecule has 2 unspecified atom stereocenters. The van der Waals surface area contributed by atoms with Crippen LogP contribution in [0.1, 0.15) is 31.4 Å². The lowest BCUT2D eigenvalue weighted by atomic mass is 9.91. The van der Waals surface area contributed by atoms with Crippen molar-refractivity contribution in [2.75, 3.05) is 10.6 Å². The summed E-state index contributed by atoms with van der Waals surface area (Å²) in [6, 6.07) is 11.1. The Balaban J connectivity index is 1.67. The maximum atomic E-state index is 6.21. The summed E-state index contributed by atoms with van der Waals surface area (Å²) in [4.78, 5) is 0. The van der Waals surface area contributed by atoms with E-state index < -0.39 is 0 Å². The normalized spacial score (nSPS) is 22.0. The first-order chi connectivity index (χ1) is 10.2. The number of nitrogens with one attached hydrogen (secondary N) is 2. The third kappa shape index (κ3) is 3.74. The van der Waals surface area contributed by atoms with Crippen molar-refractivity contribution in [2.45, 2.75) is 44.7 Å². The van der Waals surface area contributed by atoms with Crippen LogP contribution in [0.25, 0.3) is 0 Å². The molecular formula is C16H22N4S. The number of aromatic nitrogens is 1. The van der Waals surface area contributed by atoms with Crippen molar-refractivity contribution in [1.82, 2.24) is 4.37 Å². The molecule has 0 saturated heterocycles. The van der Waals surface area contributed by atoms with E-state index in [-0.39, 0.29) is 6.04 Å². The minimum Gasteiger partial charge on any atom is -0.381 e. The Morgan fingerprint density at radius 2 is 2.00 bits per heavy atom. The van der Waals surface area contributed by atoms with Crippen LogP contribution in [0.2, 0.25) is 0 Å². The summed E-state index contributed by atoms with van der Waals surface area (Å²) < 4.78 is 4.29. The molecule has 1 aromatic carbocycles. The van der Waals surface area contributed by atoms with E-state index in [1.165, 1.54) is 24.4 Å². The van der Waals surface area contributed by atoms with Crippen molar-refractivity contribution in [1.29, 1.82) is 0 Å². The fourth-order valence-corrected chi connectivity index (χ4v) is 3.49. The van der Waals surface area contributed by atoms with E-state index in [0.717, 1.165) is 34.9 Å². The number of hydrogen-bond acceptors (Lipinski definition) is 5. The molecule has 4 nitrogen and oxygen atoms in total. The summed E-state index contributed by atoms with van der Waals surface area (Å²) in [5.74, 6) is 0. The van der Waals surface area contributed by atoms with Gasteiger partial charge < -0.3 is 16.4 Å². The van der Waals surface area contributed by atoms with Crippen molar-refractivity contribution in [3.05, 3.63) is 36.0 Å². The Morgan fingerprint density at radius 1 is 1.19 bits per heavy atom. The third-order valence-corrected chi connectivity index (χ3v) is 4.73. The van der Waals surface area contributed by atoms with Gasteiger partial charge >= 0.3 is 0 Å². The number of nitrogens with zero attached hydrogens (tertiary/aromatic N) is 1. The second kappa shape index (κ2) is 6.45. The van der Waals surface area contributed by atoms with Crippen molar-refractivity contribution < 1.29 is 0 Å². The van der Waals surface area contributed by atoms with Gasteiger partial charge in [0.1, 0.15) is 5.00 Å². The van der Waals surface area contributed by atoms with Crippen LogP contribution < -0.4 is 16.4 Å². The smallest absolute Gasteiger partial charge is 0.114 e. The topological polar surface area (TPSA) is 63.0 Å². The van der Waals surface area contributed by atoms with Crippen LogP contribution in [0.15, 0.2) is 30.3 Å². The molecule has 1 saturated carbocycles. The van der Waals surface area contributed by atoms with Crippen molar-refractivity contribution in [3.63, 3.8) is 0 Å². The van der Waals surface area contributed by atoms with E-state index in [1.54, 1.807) is 0 Å². The Labute approximate surface area is 129 Å². The first kappa shape index (κ1) is 14.4.